The molecule has 2 N–H and O–H groups in total. The van der Waals surface area contributed by atoms with E-state index in [1.807, 2.05) is 0 Å². The number of hydrazine groups is 1. The number of carbonyl (C=O) groups excluding carboxylic acids is 1. The highest BCUT2D eigenvalue weighted by molar-refractivity contribution is 9.10. The van der Waals surface area contributed by atoms with Crippen LogP contribution in [0.15, 0.2) is 51.8 Å². The molecular formula is C15H15BrN2O4S. The Bertz CT molecular complexity index is 837. The Morgan fingerprint density at radius 2 is 1.87 bits per heavy atom. The molecule has 23 heavy (non-hydrogen) atoms. The number of carbonyl (C=O) groups is 1. The lowest BCUT2D eigenvalue weighted by atomic mass is 10.2. The maximum absolute atomic E-state index is 12.4. The van der Waals surface area contributed by atoms with Gasteiger partial charge in [-0.2, -0.15) is 0 Å². The number of halogens is 1. The topological polar surface area (TPSA) is 84.5 Å². The summed E-state index contributed by atoms with van der Waals surface area (Å²) in [4.78, 5) is 14.1. The van der Waals surface area contributed by atoms with Crippen molar-refractivity contribution >= 4 is 31.9 Å². The first kappa shape index (κ1) is 17.5. The Morgan fingerprint density at radius 3 is 2.52 bits per heavy atom. The monoisotopic (exact) mass is 398 g/mol. The molecule has 0 aliphatic rings. The van der Waals surface area contributed by atoms with E-state index in [9.17, 15) is 13.2 Å². The summed E-state index contributed by atoms with van der Waals surface area (Å²) in [6.45, 7) is 1.76. The van der Waals surface area contributed by atoms with Crippen molar-refractivity contribution < 1.29 is 17.9 Å². The van der Waals surface area contributed by atoms with Gasteiger partial charge in [-0.1, -0.05) is 18.2 Å². The van der Waals surface area contributed by atoms with E-state index in [4.69, 9.17) is 4.74 Å². The fraction of sp³-hybridized carbons (Fsp3) is 0.133. The maximum Gasteiger partial charge on any atom is 0.267 e. The number of rotatable bonds is 5. The first-order valence-corrected chi connectivity index (χ1v) is 8.84. The van der Waals surface area contributed by atoms with Crippen LogP contribution in [0.1, 0.15) is 15.9 Å². The summed E-state index contributed by atoms with van der Waals surface area (Å²) in [5, 5.41) is 0. The summed E-state index contributed by atoms with van der Waals surface area (Å²) in [6.07, 6.45) is 0. The third kappa shape index (κ3) is 4.10. The molecule has 1 amide bonds. The van der Waals surface area contributed by atoms with Crippen LogP contribution in [-0.4, -0.2) is 21.4 Å². The average molecular weight is 399 g/mol. The summed E-state index contributed by atoms with van der Waals surface area (Å²) in [5.41, 5.74) is 3.25. The highest BCUT2D eigenvalue weighted by Gasteiger charge is 2.21. The van der Waals surface area contributed by atoms with E-state index in [1.165, 1.54) is 13.2 Å². The largest absolute Gasteiger partial charge is 0.495 e. The highest BCUT2D eigenvalue weighted by Crippen LogP contribution is 2.24. The minimum atomic E-state index is -3.96. The molecule has 6 nitrogen and oxygen atoms in total. The van der Waals surface area contributed by atoms with Gasteiger partial charge in [-0.3, -0.25) is 10.2 Å². The summed E-state index contributed by atoms with van der Waals surface area (Å²) in [6, 6.07) is 11.4. The summed E-state index contributed by atoms with van der Waals surface area (Å²) in [5.74, 6) is -0.383. The van der Waals surface area contributed by atoms with Crippen molar-refractivity contribution in [1.82, 2.24) is 10.3 Å². The van der Waals surface area contributed by atoms with Crippen molar-refractivity contribution in [1.29, 1.82) is 0 Å². The van der Waals surface area contributed by atoms with Crippen LogP contribution in [-0.2, 0) is 10.0 Å². The van der Waals surface area contributed by atoms with Gasteiger partial charge in [0.2, 0.25) is 0 Å². The van der Waals surface area contributed by atoms with Gasteiger partial charge in [-0.05, 0) is 52.7 Å². The van der Waals surface area contributed by atoms with Gasteiger partial charge in [0.05, 0.1) is 12.7 Å². The smallest absolute Gasteiger partial charge is 0.267 e. The number of nitrogens with one attached hydrogen (secondary N) is 2. The van der Waals surface area contributed by atoms with Gasteiger partial charge in [-0.25, -0.2) is 8.42 Å². The zero-order valence-corrected chi connectivity index (χ0v) is 14.9. The molecule has 8 heteroatoms. The number of hydrogen-bond acceptors (Lipinski definition) is 4. The zero-order chi connectivity index (χ0) is 17.0. The third-order valence-corrected chi connectivity index (χ3v) is 4.99. The summed E-state index contributed by atoms with van der Waals surface area (Å²) < 4.78 is 30.4. The average Bonchev–Trinajstić information content (AvgIpc) is 2.53. The van der Waals surface area contributed by atoms with Crippen molar-refractivity contribution in [2.45, 2.75) is 11.8 Å². The number of hydrogen-bond donors (Lipinski definition) is 2. The Labute approximate surface area is 143 Å². The molecular weight excluding hydrogens is 384 g/mol. The number of aryl methyl sites for hydroxylation is 1. The van der Waals surface area contributed by atoms with Gasteiger partial charge >= 0.3 is 0 Å². The number of sulfonamides is 1. The number of amides is 1. The molecule has 0 atom stereocenters. The number of ether oxygens (including phenoxy) is 1. The van der Waals surface area contributed by atoms with Crippen LogP contribution < -0.4 is 15.0 Å². The van der Waals surface area contributed by atoms with E-state index in [-0.39, 0.29) is 10.6 Å². The molecule has 0 aromatic heterocycles. The van der Waals surface area contributed by atoms with E-state index >= 15 is 0 Å². The lowest BCUT2D eigenvalue weighted by Gasteiger charge is -2.12. The Morgan fingerprint density at radius 1 is 1.17 bits per heavy atom. The number of methoxy groups -OCH3 is 1. The maximum atomic E-state index is 12.4. The normalized spacial score (nSPS) is 11.1. The summed E-state index contributed by atoms with van der Waals surface area (Å²) >= 11 is 3.24. The molecule has 0 saturated carbocycles. The van der Waals surface area contributed by atoms with Crippen molar-refractivity contribution in [3.8, 4) is 5.75 Å². The minimum absolute atomic E-state index is 0.0487. The van der Waals surface area contributed by atoms with Gasteiger partial charge in [0, 0.05) is 4.47 Å². The van der Waals surface area contributed by atoms with Crippen LogP contribution in [0, 0.1) is 6.92 Å². The molecule has 0 bridgehead atoms. The fourth-order valence-electron chi connectivity index (χ4n) is 1.88. The van der Waals surface area contributed by atoms with E-state index in [0.717, 1.165) is 5.56 Å². The lowest BCUT2D eigenvalue weighted by Crippen LogP contribution is -2.41. The molecule has 0 saturated heterocycles. The molecule has 0 spiro atoms. The van der Waals surface area contributed by atoms with Crippen LogP contribution in [0.5, 0.6) is 5.75 Å². The third-order valence-electron chi connectivity index (χ3n) is 3.03. The van der Waals surface area contributed by atoms with Gasteiger partial charge < -0.3 is 4.74 Å². The molecule has 0 radical (unpaired) electrons. The molecule has 2 aromatic rings. The van der Waals surface area contributed by atoms with Gasteiger partial charge in [-0.15, -0.1) is 4.83 Å². The fourth-order valence-corrected chi connectivity index (χ4v) is 3.43. The molecule has 0 aliphatic heterocycles. The molecule has 0 fully saturated rings. The predicted molar refractivity (Wildman–Crippen MR) is 89.7 cm³/mol. The Hall–Kier alpha value is -1.90. The molecule has 2 aromatic carbocycles. The van der Waals surface area contributed by atoms with Crippen LogP contribution >= 0.6 is 15.9 Å². The Kier molecular flexibility index (Phi) is 5.40. The van der Waals surface area contributed by atoms with E-state index < -0.39 is 15.9 Å². The van der Waals surface area contributed by atoms with Crippen molar-refractivity contribution in [2.75, 3.05) is 7.11 Å². The van der Waals surface area contributed by atoms with Crippen LogP contribution in [0.2, 0.25) is 0 Å². The summed E-state index contributed by atoms with van der Waals surface area (Å²) in [7, 11) is -2.59. The van der Waals surface area contributed by atoms with E-state index in [0.29, 0.717) is 10.0 Å². The van der Waals surface area contributed by atoms with Crippen LogP contribution in [0.25, 0.3) is 0 Å². The zero-order valence-electron chi connectivity index (χ0n) is 12.5. The molecule has 0 heterocycles. The molecule has 0 unspecified atom stereocenters. The quantitative estimate of drug-likeness (QED) is 0.757. The second kappa shape index (κ2) is 7.12. The van der Waals surface area contributed by atoms with Gasteiger partial charge in [0.15, 0.2) is 0 Å². The standard InChI is InChI=1S/C15H15BrN2O4S/c1-10-7-8-13(22-2)14(9-10)23(20,21)18-17-15(19)11-5-3-4-6-12(11)16/h3-9,18H,1-2H3,(H,17,19). The van der Waals surface area contributed by atoms with Crippen molar-refractivity contribution in [2.24, 2.45) is 0 Å². The van der Waals surface area contributed by atoms with Crippen LogP contribution in [0.4, 0.5) is 0 Å². The minimum Gasteiger partial charge on any atom is -0.495 e. The number of benzene rings is 2. The first-order valence-electron chi connectivity index (χ1n) is 6.56. The Balaban J connectivity index is 2.21. The van der Waals surface area contributed by atoms with Gasteiger partial charge in [0.1, 0.15) is 10.6 Å². The van der Waals surface area contributed by atoms with Crippen molar-refractivity contribution in [3.05, 3.63) is 58.1 Å². The van der Waals surface area contributed by atoms with E-state index in [1.54, 1.807) is 43.3 Å². The van der Waals surface area contributed by atoms with Crippen LogP contribution in [0.3, 0.4) is 0 Å². The molecule has 2 rings (SSSR count). The SMILES string of the molecule is COc1ccc(C)cc1S(=O)(=O)NNC(=O)c1ccccc1Br. The predicted octanol–water partition coefficient (Wildman–Crippen LogP) is 2.39. The van der Waals surface area contributed by atoms with Crippen molar-refractivity contribution in [3.63, 3.8) is 0 Å². The highest BCUT2D eigenvalue weighted by atomic mass is 79.9. The van der Waals surface area contributed by atoms with Gasteiger partial charge in [0.25, 0.3) is 15.9 Å². The second-order valence-electron chi connectivity index (χ2n) is 4.69. The van der Waals surface area contributed by atoms with E-state index in [2.05, 4.69) is 26.2 Å². The molecule has 0 aliphatic carbocycles. The first-order chi connectivity index (χ1) is 10.8. The molecule has 122 valence electrons. The lowest BCUT2D eigenvalue weighted by molar-refractivity contribution is 0.0944. The second-order valence-corrected chi connectivity index (χ2v) is 7.20.